The third-order valence-corrected chi connectivity index (χ3v) is 8.71. The fourth-order valence-corrected chi connectivity index (χ4v) is 6.56. The van der Waals surface area contributed by atoms with Crippen LogP contribution in [0.5, 0.6) is 0 Å². The number of nitrogens with one attached hydrogen (secondary N) is 2. The molecule has 0 unspecified atom stereocenters. The molecule has 2 aromatic heterocycles. The van der Waals surface area contributed by atoms with Gasteiger partial charge in [0.05, 0.1) is 23.3 Å². The van der Waals surface area contributed by atoms with Gasteiger partial charge in [-0.25, -0.2) is 13.4 Å². The maximum absolute atomic E-state index is 12.8. The minimum Gasteiger partial charge on any atom is -0.385 e. The van der Waals surface area contributed by atoms with Crippen LogP contribution in [0.1, 0.15) is 25.7 Å². The fourth-order valence-electron chi connectivity index (χ4n) is 4.70. The molecule has 0 radical (unpaired) electrons. The Morgan fingerprint density at radius 2 is 1.80 bits per heavy atom. The molecule has 2 aromatic rings. The summed E-state index contributed by atoms with van der Waals surface area (Å²) in [4.78, 5) is 6.74. The number of pyridine rings is 1. The van der Waals surface area contributed by atoms with Crippen molar-refractivity contribution in [1.29, 1.82) is 0 Å². The largest absolute Gasteiger partial charge is 0.385 e. The first-order chi connectivity index (χ1) is 14.4. The van der Waals surface area contributed by atoms with E-state index in [0.29, 0.717) is 24.9 Å². The summed E-state index contributed by atoms with van der Waals surface area (Å²) < 4.78 is 29.4. The summed E-state index contributed by atoms with van der Waals surface area (Å²) in [6, 6.07) is 2.45. The van der Waals surface area contributed by atoms with E-state index in [1.54, 1.807) is 4.31 Å². The number of aromatic nitrogens is 2. The van der Waals surface area contributed by atoms with E-state index in [9.17, 15) is 8.42 Å². The molecule has 0 aromatic carbocycles. The average Bonchev–Trinajstić information content (AvgIpc) is 3.11. The van der Waals surface area contributed by atoms with Crippen molar-refractivity contribution in [3.05, 3.63) is 18.5 Å². The van der Waals surface area contributed by atoms with Crippen molar-refractivity contribution in [2.75, 3.05) is 56.7 Å². The average molecular weight is 435 g/mol. The van der Waals surface area contributed by atoms with Crippen LogP contribution in [0.2, 0.25) is 0 Å². The lowest BCUT2D eigenvalue weighted by Crippen LogP contribution is -2.48. The molecule has 2 N–H and O–H groups in total. The van der Waals surface area contributed by atoms with E-state index in [4.69, 9.17) is 0 Å². The lowest BCUT2D eigenvalue weighted by molar-refractivity contribution is 0.221. The number of hydrogen-bond donors (Lipinski definition) is 2. The summed E-state index contributed by atoms with van der Waals surface area (Å²) in [5.41, 5.74) is 3.05. The molecule has 2 aliphatic rings. The van der Waals surface area contributed by atoms with Gasteiger partial charge in [-0.3, -0.25) is 0 Å². The Morgan fingerprint density at radius 3 is 2.47 bits per heavy atom. The first-order valence-electron chi connectivity index (χ1n) is 10.9. The number of anilines is 2. The minimum atomic E-state index is -3.15. The Balaban J connectivity index is 1.37. The quantitative estimate of drug-likeness (QED) is 0.725. The van der Waals surface area contributed by atoms with E-state index in [-0.39, 0.29) is 5.92 Å². The number of rotatable bonds is 6. The molecular formula is C21H34N6O2S. The van der Waals surface area contributed by atoms with Crippen molar-refractivity contribution >= 4 is 32.4 Å². The fraction of sp³-hybridized carbons (Fsp3) is 0.667. The third-order valence-electron chi connectivity index (χ3n) is 6.66. The maximum Gasteiger partial charge on any atom is 0.214 e. The van der Waals surface area contributed by atoms with E-state index in [1.165, 1.54) is 0 Å². The van der Waals surface area contributed by atoms with Crippen molar-refractivity contribution in [1.82, 2.24) is 18.8 Å². The number of fused-ring (bicyclic) bond motifs is 1. The van der Waals surface area contributed by atoms with E-state index in [0.717, 1.165) is 61.2 Å². The van der Waals surface area contributed by atoms with Gasteiger partial charge in [0.25, 0.3) is 0 Å². The van der Waals surface area contributed by atoms with Crippen molar-refractivity contribution < 1.29 is 8.42 Å². The zero-order chi connectivity index (χ0) is 21.3. The van der Waals surface area contributed by atoms with E-state index in [1.807, 2.05) is 38.1 Å². The standard InChI is InChI=1S/C21H34N6O2S/c1-22-19-14-23-21-18(8-9-26(21)3)20(19)24-17-6-4-16(5-7-17)15-30(28,29)27-12-10-25(2)11-13-27/h8-9,14,16-17,22H,4-7,10-13,15H2,1-3H3,(H,23,24). The second-order valence-corrected chi connectivity index (χ2v) is 10.8. The van der Waals surface area contributed by atoms with Crippen LogP contribution in [0.25, 0.3) is 11.0 Å². The van der Waals surface area contributed by atoms with Crippen LogP contribution in [0.4, 0.5) is 11.4 Å². The summed E-state index contributed by atoms with van der Waals surface area (Å²) in [5, 5.41) is 8.09. The number of nitrogens with zero attached hydrogens (tertiary/aromatic N) is 4. The van der Waals surface area contributed by atoms with Gasteiger partial charge in [0.1, 0.15) is 5.65 Å². The molecule has 4 rings (SSSR count). The van der Waals surface area contributed by atoms with Crippen LogP contribution >= 0.6 is 0 Å². The number of aryl methyl sites for hydroxylation is 1. The van der Waals surface area contributed by atoms with Gasteiger partial charge in [-0.2, -0.15) is 4.31 Å². The molecule has 3 heterocycles. The maximum atomic E-state index is 12.8. The van der Waals surface area contributed by atoms with E-state index in [2.05, 4.69) is 26.6 Å². The summed E-state index contributed by atoms with van der Waals surface area (Å²) in [5.74, 6) is 0.550. The van der Waals surface area contributed by atoms with Crippen LogP contribution in [0, 0.1) is 5.92 Å². The monoisotopic (exact) mass is 434 g/mol. The Labute approximate surface area is 179 Å². The number of likely N-dealkylation sites (N-methyl/N-ethyl adjacent to an activating group) is 1. The molecule has 2 fully saturated rings. The second kappa shape index (κ2) is 8.72. The Morgan fingerprint density at radius 1 is 1.10 bits per heavy atom. The predicted octanol–water partition coefficient (Wildman–Crippen LogP) is 2.16. The van der Waals surface area contributed by atoms with Gasteiger partial charge in [0, 0.05) is 57.9 Å². The summed E-state index contributed by atoms with van der Waals surface area (Å²) in [7, 11) is 2.81. The zero-order valence-electron chi connectivity index (χ0n) is 18.3. The summed E-state index contributed by atoms with van der Waals surface area (Å²) >= 11 is 0. The zero-order valence-corrected chi connectivity index (χ0v) is 19.1. The molecule has 9 heteroatoms. The first-order valence-corrected chi connectivity index (χ1v) is 12.5. The minimum absolute atomic E-state index is 0.255. The Kier molecular flexibility index (Phi) is 6.22. The summed E-state index contributed by atoms with van der Waals surface area (Å²) in [6.45, 7) is 2.89. The smallest absolute Gasteiger partial charge is 0.214 e. The van der Waals surface area contributed by atoms with Gasteiger partial charge in [0.15, 0.2) is 0 Å². The molecule has 0 bridgehead atoms. The van der Waals surface area contributed by atoms with Gasteiger partial charge >= 0.3 is 0 Å². The number of hydrogen-bond acceptors (Lipinski definition) is 6. The Hall–Kier alpha value is -1.84. The molecule has 1 saturated heterocycles. The van der Waals surface area contributed by atoms with Crippen LogP contribution in [-0.2, 0) is 17.1 Å². The van der Waals surface area contributed by atoms with Crippen LogP contribution in [0.15, 0.2) is 18.5 Å². The molecule has 30 heavy (non-hydrogen) atoms. The normalized spacial score (nSPS) is 24.2. The molecule has 0 amide bonds. The lowest BCUT2D eigenvalue weighted by atomic mass is 9.87. The Bertz CT molecular complexity index is 973. The highest BCUT2D eigenvalue weighted by Crippen LogP contribution is 2.34. The molecule has 0 spiro atoms. The predicted molar refractivity (Wildman–Crippen MR) is 122 cm³/mol. The third kappa shape index (κ3) is 4.43. The van der Waals surface area contributed by atoms with Crippen molar-refractivity contribution in [2.45, 2.75) is 31.7 Å². The topological polar surface area (TPSA) is 82.5 Å². The molecule has 8 nitrogen and oxygen atoms in total. The number of piperazine rings is 1. The highest BCUT2D eigenvalue weighted by Gasteiger charge is 2.31. The molecule has 0 atom stereocenters. The first kappa shape index (κ1) is 21.4. The van der Waals surface area contributed by atoms with Crippen molar-refractivity contribution in [2.24, 2.45) is 13.0 Å². The highest BCUT2D eigenvalue weighted by molar-refractivity contribution is 7.89. The van der Waals surface area contributed by atoms with Crippen molar-refractivity contribution in [3.8, 4) is 0 Å². The molecule has 1 aliphatic carbocycles. The van der Waals surface area contributed by atoms with E-state index >= 15 is 0 Å². The number of sulfonamides is 1. The van der Waals surface area contributed by atoms with Gasteiger partial charge in [0.2, 0.25) is 10.0 Å². The van der Waals surface area contributed by atoms with Crippen LogP contribution in [-0.4, -0.2) is 79.2 Å². The van der Waals surface area contributed by atoms with Crippen LogP contribution in [0.3, 0.4) is 0 Å². The van der Waals surface area contributed by atoms with Gasteiger partial charge in [-0.15, -0.1) is 0 Å². The molecule has 166 valence electrons. The van der Waals surface area contributed by atoms with Gasteiger partial charge in [-0.1, -0.05) is 0 Å². The molecular weight excluding hydrogens is 400 g/mol. The van der Waals surface area contributed by atoms with Crippen LogP contribution < -0.4 is 10.6 Å². The second-order valence-electron chi connectivity index (χ2n) is 8.80. The highest BCUT2D eigenvalue weighted by atomic mass is 32.2. The van der Waals surface area contributed by atoms with E-state index < -0.39 is 10.0 Å². The summed E-state index contributed by atoms with van der Waals surface area (Å²) in [6.07, 6.45) is 7.78. The molecule has 1 saturated carbocycles. The lowest BCUT2D eigenvalue weighted by Gasteiger charge is -2.34. The SMILES string of the molecule is CNc1cnc2c(ccn2C)c1NC1CCC(CS(=O)(=O)N2CCN(C)CC2)CC1. The van der Waals surface area contributed by atoms with Gasteiger partial charge in [-0.05, 0) is 44.7 Å². The molecule has 1 aliphatic heterocycles. The van der Waals surface area contributed by atoms with Gasteiger partial charge < -0.3 is 20.1 Å². The van der Waals surface area contributed by atoms with Crippen molar-refractivity contribution in [3.63, 3.8) is 0 Å².